The van der Waals surface area contributed by atoms with Crippen LogP contribution in [0.15, 0.2) is 66.7 Å². The Bertz CT molecular complexity index is 972. The number of imide groups is 1. The number of benzene rings is 2. The highest BCUT2D eigenvalue weighted by atomic mass is 19.1. The lowest BCUT2D eigenvalue weighted by atomic mass is 10.1. The molecule has 0 spiro atoms. The zero-order valence-corrected chi connectivity index (χ0v) is 15.2. The Morgan fingerprint density at radius 3 is 2.34 bits per heavy atom. The summed E-state index contributed by atoms with van der Waals surface area (Å²) in [7, 11) is 0. The van der Waals surface area contributed by atoms with Gasteiger partial charge < -0.3 is 14.8 Å². The fourth-order valence-corrected chi connectivity index (χ4v) is 3.08. The van der Waals surface area contributed by atoms with E-state index < -0.39 is 35.5 Å². The van der Waals surface area contributed by atoms with E-state index in [0.717, 1.165) is 28.0 Å². The monoisotopic (exact) mass is 395 g/mol. The van der Waals surface area contributed by atoms with Gasteiger partial charge in [-0.15, -0.1) is 0 Å². The van der Waals surface area contributed by atoms with Crippen molar-refractivity contribution >= 4 is 29.4 Å². The van der Waals surface area contributed by atoms with E-state index in [-0.39, 0.29) is 18.7 Å². The van der Waals surface area contributed by atoms with Crippen LogP contribution in [0.4, 0.5) is 10.1 Å². The molecular weight excluding hydrogens is 379 g/mol. The van der Waals surface area contributed by atoms with Crippen LogP contribution >= 0.6 is 0 Å². The van der Waals surface area contributed by atoms with Gasteiger partial charge in [-0.05, 0) is 35.9 Å². The van der Waals surface area contributed by atoms with Crippen molar-refractivity contribution in [3.05, 3.63) is 78.1 Å². The molecule has 1 atom stereocenters. The van der Waals surface area contributed by atoms with Gasteiger partial charge in [-0.1, -0.05) is 30.3 Å². The van der Waals surface area contributed by atoms with E-state index in [0.29, 0.717) is 11.6 Å². The quantitative estimate of drug-likeness (QED) is 0.532. The Morgan fingerprint density at radius 2 is 1.72 bits per heavy atom. The van der Waals surface area contributed by atoms with Gasteiger partial charge in [-0.3, -0.25) is 14.4 Å². The third kappa shape index (κ3) is 4.55. The van der Waals surface area contributed by atoms with Crippen LogP contribution in [0.2, 0.25) is 0 Å². The second kappa shape index (κ2) is 8.47. The molecule has 0 aliphatic carbocycles. The smallest absolute Gasteiger partial charge is 0.257 e. The number of rotatable bonds is 6. The SMILES string of the molecule is O=C([O-])/C=C/C(=O)N(Cc1ccccc1)[C@H]1CC(=O)N(c2ccc(F)cc2)C1=O. The Kier molecular flexibility index (Phi) is 5.82. The van der Waals surface area contributed by atoms with Gasteiger partial charge in [0.15, 0.2) is 0 Å². The molecule has 7 nitrogen and oxygen atoms in total. The first kappa shape index (κ1) is 19.9. The lowest BCUT2D eigenvalue weighted by Crippen LogP contribution is -2.44. The van der Waals surface area contributed by atoms with Crippen LogP contribution in [0.25, 0.3) is 0 Å². The maximum atomic E-state index is 13.2. The molecular formula is C21H16FN2O5-. The molecule has 29 heavy (non-hydrogen) atoms. The summed E-state index contributed by atoms with van der Waals surface area (Å²) in [5.41, 5.74) is 0.893. The molecule has 0 unspecified atom stereocenters. The highest BCUT2D eigenvalue weighted by Crippen LogP contribution is 2.27. The van der Waals surface area contributed by atoms with Crippen LogP contribution < -0.4 is 10.0 Å². The van der Waals surface area contributed by atoms with Crippen molar-refractivity contribution in [1.29, 1.82) is 0 Å². The first-order valence-corrected chi connectivity index (χ1v) is 8.73. The van der Waals surface area contributed by atoms with Gasteiger partial charge in [0.1, 0.15) is 11.9 Å². The van der Waals surface area contributed by atoms with Crippen molar-refractivity contribution in [3.8, 4) is 0 Å². The number of amides is 3. The average Bonchev–Trinajstić information content (AvgIpc) is 2.99. The second-order valence-electron chi connectivity index (χ2n) is 6.37. The standard InChI is InChI=1S/C21H17FN2O5/c22-15-6-8-16(9-7-15)24-19(26)12-17(21(24)29)23(18(25)10-11-20(27)28)13-14-4-2-1-3-5-14/h1-11,17H,12-13H2,(H,27,28)/p-1/b11-10+/t17-/m0/s1. The summed E-state index contributed by atoms with van der Waals surface area (Å²) in [6.07, 6.45) is 1.09. The van der Waals surface area contributed by atoms with Crippen LogP contribution in [0.3, 0.4) is 0 Å². The molecule has 0 bridgehead atoms. The summed E-state index contributed by atoms with van der Waals surface area (Å²) >= 11 is 0. The van der Waals surface area contributed by atoms with Gasteiger partial charge >= 0.3 is 0 Å². The van der Waals surface area contributed by atoms with Gasteiger partial charge in [-0.25, -0.2) is 9.29 Å². The molecule has 2 aromatic rings. The molecule has 0 saturated carbocycles. The molecule has 0 radical (unpaired) electrons. The van der Waals surface area contributed by atoms with Crippen molar-refractivity contribution in [2.45, 2.75) is 19.0 Å². The van der Waals surface area contributed by atoms with Crippen molar-refractivity contribution in [3.63, 3.8) is 0 Å². The second-order valence-corrected chi connectivity index (χ2v) is 6.37. The van der Waals surface area contributed by atoms with Gasteiger partial charge in [0, 0.05) is 12.6 Å². The number of carbonyl (C=O) groups is 4. The lowest BCUT2D eigenvalue weighted by molar-refractivity contribution is -0.297. The first-order chi connectivity index (χ1) is 13.9. The van der Waals surface area contributed by atoms with E-state index in [1.54, 1.807) is 30.3 Å². The van der Waals surface area contributed by atoms with Crippen molar-refractivity contribution < 1.29 is 28.7 Å². The van der Waals surface area contributed by atoms with Crippen LogP contribution in [0, 0.1) is 5.82 Å². The number of carboxylic acid groups (broad SMARTS) is 1. The number of nitrogens with zero attached hydrogens (tertiary/aromatic N) is 2. The van der Waals surface area contributed by atoms with Gasteiger partial charge in [0.2, 0.25) is 11.8 Å². The largest absolute Gasteiger partial charge is 0.545 e. The number of carbonyl (C=O) groups excluding carboxylic acids is 4. The maximum Gasteiger partial charge on any atom is 0.257 e. The molecule has 8 heteroatoms. The summed E-state index contributed by atoms with van der Waals surface area (Å²) in [6, 6.07) is 12.5. The topological polar surface area (TPSA) is 97.8 Å². The summed E-state index contributed by atoms with van der Waals surface area (Å²) in [4.78, 5) is 50.7. The third-order valence-corrected chi connectivity index (χ3v) is 4.42. The van der Waals surface area contributed by atoms with Crippen molar-refractivity contribution in [2.75, 3.05) is 4.90 Å². The van der Waals surface area contributed by atoms with Gasteiger partial charge in [0.25, 0.3) is 5.91 Å². The van der Waals surface area contributed by atoms with E-state index in [1.165, 1.54) is 12.1 Å². The molecule has 1 aliphatic rings. The van der Waals surface area contributed by atoms with E-state index in [1.807, 2.05) is 0 Å². The fraction of sp³-hybridized carbons (Fsp3) is 0.143. The highest BCUT2D eigenvalue weighted by Gasteiger charge is 2.44. The van der Waals surface area contributed by atoms with Crippen LogP contribution in [0.5, 0.6) is 0 Å². The van der Waals surface area contributed by atoms with E-state index >= 15 is 0 Å². The molecule has 0 N–H and O–H groups in total. The van der Waals surface area contributed by atoms with E-state index in [2.05, 4.69) is 0 Å². The number of hydrogen-bond donors (Lipinski definition) is 0. The normalized spacial score (nSPS) is 16.4. The number of anilines is 1. The number of halogens is 1. The number of aliphatic carboxylic acids is 1. The zero-order valence-electron chi connectivity index (χ0n) is 15.2. The van der Waals surface area contributed by atoms with Crippen molar-refractivity contribution in [2.24, 2.45) is 0 Å². The molecule has 1 aliphatic heterocycles. The summed E-state index contributed by atoms with van der Waals surface area (Å²) in [5, 5.41) is 10.7. The lowest BCUT2D eigenvalue weighted by Gasteiger charge is -2.26. The molecule has 1 saturated heterocycles. The predicted molar refractivity (Wildman–Crippen MR) is 98.4 cm³/mol. The summed E-state index contributed by atoms with van der Waals surface area (Å²) < 4.78 is 13.2. The Labute approximate surface area is 165 Å². The van der Waals surface area contributed by atoms with Crippen LogP contribution in [-0.4, -0.2) is 34.6 Å². The number of carboxylic acids is 1. The summed E-state index contributed by atoms with van der Waals surface area (Å²) in [5.74, 6) is -4.00. The molecule has 3 rings (SSSR count). The highest BCUT2D eigenvalue weighted by molar-refractivity contribution is 6.23. The van der Waals surface area contributed by atoms with Gasteiger partial charge in [-0.2, -0.15) is 0 Å². The third-order valence-electron chi connectivity index (χ3n) is 4.42. The Balaban J connectivity index is 1.91. The molecule has 0 aromatic heterocycles. The zero-order chi connectivity index (χ0) is 21.0. The van der Waals surface area contributed by atoms with Crippen molar-refractivity contribution in [1.82, 2.24) is 4.90 Å². The molecule has 3 amide bonds. The first-order valence-electron chi connectivity index (χ1n) is 8.73. The molecule has 2 aromatic carbocycles. The fourth-order valence-electron chi connectivity index (χ4n) is 3.08. The van der Waals surface area contributed by atoms with Crippen LogP contribution in [-0.2, 0) is 25.7 Å². The number of hydrogen-bond acceptors (Lipinski definition) is 5. The Hall–Kier alpha value is -3.81. The average molecular weight is 395 g/mol. The minimum absolute atomic E-state index is 0.00198. The minimum Gasteiger partial charge on any atom is -0.545 e. The van der Waals surface area contributed by atoms with E-state index in [9.17, 15) is 28.7 Å². The predicted octanol–water partition coefficient (Wildman–Crippen LogP) is 0.792. The Morgan fingerprint density at radius 1 is 1.07 bits per heavy atom. The van der Waals surface area contributed by atoms with Gasteiger partial charge in [0.05, 0.1) is 18.1 Å². The van der Waals surface area contributed by atoms with Crippen LogP contribution in [0.1, 0.15) is 12.0 Å². The molecule has 1 heterocycles. The molecule has 1 fully saturated rings. The minimum atomic E-state index is -1.56. The molecule has 148 valence electrons. The summed E-state index contributed by atoms with van der Waals surface area (Å²) in [6.45, 7) is -0.00198. The maximum absolute atomic E-state index is 13.2. The van der Waals surface area contributed by atoms with E-state index in [4.69, 9.17) is 0 Å².